The van der Waals surface area contributed by atoms with Crippen LogP contribution in [-0.4, -0.2) is 27.1 Å². The average Bonchev–Trinajstić information content (AvgIpc) is 3.09. The Morgan fingerprint density at radius 3 is 2.73 bits per heavy atom. The number of benzene rings is 2. The fraction of sp³-hybridized carbons (Fsp3) is 0.238. The molecule has 0 radical (unpaired) electrons. The van der Waals surface area contributed by atoms with Crippen LogP contribution in [-0.2, 0) is 24.8 Å². The lowest BCUT2D eigenvalue weighted by Gasteiger charge is -2.34. The highest BCUT2D eigenvalue weighted by atomic mass is 35.5. The fourth-order valence-corrected chi connectivity index (χ4v) is 3.82. The average molecular weight is 366 g/mol. The second-order valence-electron chi connectivity index (χ2n) is 6.74. The third-order valence-corrected chi connectivity index (χ3v) is 5.34. The number of hydrogen-bond donors (Lipinski definition) is 0. The maximum absolute atomic E-state index is 13.0. The minimum Gasteiger partial charge on any atom is -0.337 e. The predicted octanol–water partition coefficient (Wildman–Crippen LogP) is 3.79. The zero-order chi connectivity index (χ0) is 18.1. The highest BCUT2D eigenvalue weighted by Crippen LogP contribution is 2.33. The quantitative estimate of drug-likeness (QED) is 0.708. The first-order chi connectivity index (χ1) is 12.6. The van der Waals surface area contributed by atoms with Gasteiger partial charge in [0.05, 0.1) is 12.6 Å². The van der Waals surface area contributed by atoms with Gasteiger partial charge in [-0.05, 0) is 28.3 Å². The molecule has 0 saturated heterocycles. The second kappa shape index (κ2) is 6.96. The molecule has 1 amide bonds. The molecule has 0 saturated carbocycles. The number of aromatic nitrogens is 2. The molecule has 1 aliphatic rings. The Morgan fingerprint density at radius 1 is 1.19 bits per heavy atom. The number of fused-ring (bicyclic) bond motifs is 1. The maximum Gasteiger partial charge on any atom is 0.227 e. The topological polar surface area (TPSA) is 38.1 Å². The lowest BCUT2D eigenvalue weighted by molar-refractivity contribution is -0.131. The van der Waals surface area contributed by atoms with Crippen LogP contribution in [0.4, 0.5) is 0 Å². The molecular formula is C21H20ClN3O. The molecule has 1 aromatic heterocycles. The summed E-state index contributed by atoms with van der Waals surface area (Å²) in [7, 11) is 1.92. The number of hydrogen-bond acceptors (Lipinski definition) is 2. The van der Waals surface area contributed by atoms with Crippen LogP contribution in [0.25, 0.3) is 0 Å². The molecule has 5 heteroatoms. The van der Waals surface area contributed by atoms with Gasteiger partial charge in [-0.25, -0.2) is 0 Å². The molecule has 3 aromatic rings. The highest BCUT2D eigenvalue weighted by Gasteiger charge is 2.29. The largest absolute Gasteiger partial charge is 0.337 e. The van der Waals surface area contributed by atoms with Crippen LogP contribution in [0.2, 0.25) is 5.02 Å². The Kier molecular flexibility index (Phi) is 4.51. The van der Waals surface area contributed by atoms with Crippen LogP contribution in [0.15, 0.2) is 60.9 Å². The van der Waals surface area contributed by atoms with Crippen LogP contribution in [0.3, 0.4) is 0 Å². The molecule has 2 aromatic carbocycles. The van der Waals surface area contributed by atoms with Gasteiger partial charge >= 0.3 is 0 Å². The van der Waals surface area contributed by atoms with Gasteiger partial charge in [-0.1, -0.05) is 54.1 Å². The van der Waals surface area contributed by atoms with E-state index in [9.17, 15) is 4.79 Å². The number of aryl methyl sites for hydroxylation is 1. The first-order valence-electron chi connectivity index (χ1n) is 8.69. The van der Waals surface area contributed by atoms with Crippen molar-refractivity contribution in [2.24, 2.45) is 7.05 Å². The first-order valence-corrected chi connectivity index (χ1v) is 9.07. The Balaban J connectivity index is 1.62. The van der Waals surface area contributed by atoms with Crippen molar-refractivity contribution in [1.82, 2.24) is 14.7 Å². The minimum atomic E-state index is 0.0986. The predicted molar refractivity (Wildman–Crippen MR) is 102 cm³/mol. The van der Waals surface area contributed by atoms with Gasteiger partial charge in [0.15, 0.2) is 0 Å². The van der Waals surface area contributed by atoms with E-state index in [4.69, 9.17) is 11.6 Å². The maximum atomic E-state index is 13.0. The molecule has 4 rings (SSSR count). The van der Waals surface area contributed by atoms with E-state index >= 15 is 0 Å². The molecule has 2 heterocycles. The SMILES string of the molecule is Cn1cc(C2CN(C(=O)Cc3ccccc3Cl)Cc3ccccc32)cn1. The van der Waals surface area contributed by atoms with Crippen LogP contribution < -0.4 is 0 Å². The van der Waals surface area contributed by atoms with E-state index in [-0.39, 0.29) is 11.8 Å². The number of amides is 1. The molecule has 4 nitrogen and oxygen atoms in total. The van der Waals surface area contributed by atoms with E-state index in [0.29, 0.717) is 24.5 Å². The molecule has 0 bridgehead atoms. The van der Waals surface area contributed by atoms with Gasteiger partial charge in [0.2, 0.25) is 5.91 Å². The Bertz CT molecular complexity index is 950. The van der Waals surface area contributed by atoms with Gasteiger partial charge in [-0.2, -0.15) is 5.10 Å². The lowest BCUT2D eigenvalue weighted by atomic mass is 9.86. The van der Waals surface area contributed by atoms with E-state index in [2.05, 4.69) is 23.3 Å². The second-order valence-corrected chi connectivity index (χ2v) is 7.15. The molecule has 1 atom stereocenters. The third-order valence-electron chi connectivity index (χ3n) is 4.97. The summed E-state index contributed by atoms with van der Waals surface area (Å²) >= 11 is 6.23. The smallest absolute Gasteiger partial charge is 0.227 e. The lowest BCUT2D eigenvalue weighted by Crippen LogP contribution is -2.39. The van der Waals surface area contributed by atoms with Gasteiger partial charge in [-0.3, -0.25) is 9.48 Å². The van der Waals surface area contributed by atoms with Gasteiger partial charge in [0, 0.05) is 37.3 Å². The zero-order valence-electron chi connectivity index (χ0n) is 14.6. The normalized spacial score (nSPS) is 16.4. The molecule has 1 aliphatic heterocycles. The van der Waals surface area contributed by atoms with Crippen molar-refractivity contribution >= 4 is 17.5 Å². The standard InChI is InChI=1S/C21H20ClN3O/c1-24-12-17(11-23-24)19-14-25(13-16-7-2-4-8-18(16)19)21(26)10-15-6-3-5-9-20(15)22/h2-9,11-12,19H,10,13-14H2,1H3. The summed E-state index contributed by atoms with van der Waals surface area (Å²) in [6, 6.07) is 15.9. The summed E-state index contributed by atoms with van der Waals surface area (Å²) in [5, 5.41) is 4.95. The number of rotatable bonds is 3. The molecule has 0 aliphatic carbocycles. The summed E-state index contributed by atoms with van der Waals surface area (Å²) in [5.41, 5.74) is 4.48. The summed E-state index contributed by atoms with van der Waals surface area (Å²) in [4.78, 5) is 14.9. The van der Waals surface area contributed by atoms with Crippen molar-refractivity contribution in [2.75, 3.05) is 6.54 Å². The Morgan fingerprint density at radius 2 is 1.96 bits per heavy atom. The van der Waals surface area contributed by atoms with Crippen molar-refractivity contribution in [3.05, 3.63) is 88.2 Å². The van der Waals surface area contributed by atoms with Crippen LogP contribution in [0.1, 0.15) is 28.2 Å². The summed E-state index contributed by atoms with van der Waals surface area (Å²) in [5.74, 6) is 0.241. The molecule has 0 N–H and O–H groups in total. The number of carbonyl (C=O) groups excluding carboxylic acids is 1. The number of nitrogens with zero attached hydrogens (tertiary/aromatic N) is 3. The molecule has 0 spiro atoms. The van der Waals surface area contributed by atoms with Gasteiger partial charge in [0.1, 0.15) is 0 Å². The first kappa shape index (κ1) is 16.9. The van der Waals surface area contributed by atoms with Crippen LogP contribution >= 0.6 is 11.6 Å². The van der Waals surface area contributed by atoms with Crippen molar-refractivity contribution < 1.29 is 4.79 Å². The van der Waals surface area contributed by atoms with Gasteiger partial charge < -0.3 is 4.90 Å². The van der Waals surface area contributed by atoms with E-state index in [1.807, 2.05) is 59.4 Å². The van der Waals surface area contributed by atoms with Crippen molar-refractivity contribution in [2.45, 2.75) is 18.9 Å². The van der Waals surface area contributed by atoms with Crippen LogP contribution in [0, 0.1) is 0 Å². The monoisotopic (exact) mass is 365 g/mol. The summed E-state index contributed by atoms with van der Waals surface area (Å²) in [6.07, 6.45) is 4.24. The van der Waals surface area contributed by atoms with E-state index in [0.717, 1.165) is 11.1 Å². The van der Waals surface area contributed by atoms with Gasteiger partial charge in [0.25, 0.3) is 0 Å². The van der Waals surface area contributed by atoms with E-state index in [1.165, 1.54) is 11.1 Å². The van der Waals surface area contributed by atoms with Crippen LogP contribution in [0.5, 0.6) is 0 Å². The summed E-state index contributed by atoms with van der Waals surface area (Å²) < 4.78 is 1.81. The van der Waals surface area contributed by atoms with E-state index < -0.39 is 0 Å². The molecular weight excluding hydrogens is 346 g/mol. The Labute approximate surface area is 158 Å². The van der Waals surface area contributed by atoms with Crippen molar-refractivity contribution in [1.29, 1.82) is 0 Å². The molecule has 1 unspecified atom stereocenters. The summed E-state index contributed by atoms with van der Waals surface area (Å²) in [6.45, 7) is 1.29. The van der Waals surface area contributed by atoms with E-state index in [1.54, 1.807) is 0 Å². The number of carbonyl (C=O) groups is 1. The highest BCUT2D eigenvalue weighted by molar-refractivity contribution is 6.31. The van der Waals surface area contributed by atoms with Crippen molar-refractivity contribution in [3.63, 3.8) is 0 Å². The molecule has 132 valence electrons. The molecule has 26 heavy (non-hydrogen) atoms. The Hall–Kier alpha value is -2.59. The minimum absolute atomic E-state index is 0.0986. The third kappa shape index (κ3) is 3.25. The number of halogens is 1. The van der Waals surface area contributed by atoms with Crippen molar-refractivity contribution in [3.8, 4) is 0 Å². The van der Waals surface area contributed by atoms with Gasteiger partial charge in [-0.15, -0.1) is 0 Å². The molecule has 0 fully saturated rings. The fourth-order valence-electron chi connectivity index (χ4n) is 3.62. The zero-order valence-corrected chi connectivity index (χ0v) is 15.4.